The van der Waals surface area contributed by atoms with Crippen molar-refractivity contribution >= 4 is 5.91 Å². The first-order chi connectivity index (χ1) is 10.3. The summed E-state index contributed by atoms with van der Waals surface area (Å²) in [5, 5.41) is 20.9. The molecule has 21 heavy (non-hydrogen) atoms. The lowest BCUT2D eigenvalue weighted by molar-refractivity contribution is -0.123. The van der Waals surface area contributed by atoms with Gasteiger partial charge in [0.2, 0.25) is 5.91 Å². The third-order valence-electron chi connectivity index (χ3n) is 4.85. The summed E-state index contributed by atoms with van der Waals surface area (Å²) in [6.45, 7) is 2.16. The van der Waals surface area contributed by atoms with Crippen LogP contribution >= 0.6 is 0 Å². The lowest BCUT2D eigenvalue weighted by atomic mass is 9.92. The Morgan fingerprint density at radius 3 is 2.71 bits per heavy atom. The van der Waals surface area contributed by atoms with Crippen LogP contribution in [0.4, 0.5) is 0 Å². The number of piperidine rings is 1. The molecule has 0 bridgehead atoms. The molecule has 2 heterocycles. The number of hydrogen-bond donors (Lipinski definition) is 3. The smallest absolute Gasteiger partial charge is 0.220 e. The molecule has 1 aliphatic carbocycles. The van der Waals surface area contributed by atoms with E-state index in [0.29, 0.717) is 18.2 Å². The van der Waals surface area contributed by atoms with Crippen molar-refractivity contribution in [2.45, 2.75) is 56.9 Å². The predicted octanol–water partition coefficient (Wildman–Crippen LogP) is 0.865. The van der Waals surface area contributed by atoms with Crippen LogP contribution in [0, 0.1) is 5.92 Å². The molecule has 2 aliphatic rings. The van der Waals surface area contributed by atoms with Gasteiger partial charge in [-0.1, -0.05) is 18.1 Å². The summed E-state index contributed by atoms with van der Waals surface area (Å²) in [5.74, 6) is 1.44. The van der Waals surface area contributed by atoms with Crippen molar-refractivity contribution in [1.82, 2.24) is 31.3 Å². The molecule has 1 amide bonds. The molecule has 0 atom stereocenters. The molecule has 3 N–H and O–H groups in total. The molecule has 0 aromatic carbocycles. The summed E-state index contributed by atoms with van der Waals surface area (Å²) in [6, 6.07) is 0. The van der Waals surface area contributed by atoms with E-state index in [9.17, 15) is 4.79 Å². The number of aromatic nitrogens is 4. The highest BCUT2D eigenvalue weighted by Gasteiger charge is 2.40. The number of hydrogen-bond acceptors (Lipinski definition) is 5. The second-order valence-electron chi connectivity index (χ2n) is 6.30. The van der Waals surface area contributed by atoms with E-state index < -0.39 is 5.54 Å². The Bertz CT molecular complexity index is 448. The third-order valence-corrected chi connectivity index (χ3v) is 4.85. The largest absolute Gasteiger partial charge is 0.343 e. The number of tetrazole rings is 1. The van der Waals surface area contributed by atoms with Gasteiger partial charge >= 0.3 is 0 Å². The first-order valence-electron chi connectivity index (χ1n) is 8.04. The van der Waals surface area contributed by atoms with Gasteiger partial charge in [0.1, 0.15) is 5.54 Å². The van der Waals surface area contributed by atoms with Crippen LogP contribution in [0.15, 0.2) is 0 Å². The predicted molar refractivity (Wildman–Crippen MR) is 77.3 cm³/mol. The van der Waals surface area contributed by atoms with E-state index in [-0.39, 0.29) is 5.91 Å². The van der Waals surface area contributed by atoms with E-state index in [0.717, 1.165) is 45.2 Å². The normalized spacial score (nSPS) is 22.3. The highest BCUT2D eigenvalue weighted by atomic mass is 16.1. The maximum atomic E-state index is 12.3. The van der Waals surface area contributed by atoms with Gasteiger partial charge in [-0.2, -0.15) is 5.21 Å². The quantitative estimate of drug-likeness (QED) is 0.748. The Morgan fingerprint density at radius 1 is 1.29 bits per heavy atom. The van der Waals surface area contributed by atoms with E-state index in [4.69, 9.17) is 0 Å². The topological polar surface area (TPSA) is 95.6 Å². The molecular weight excluding hydrogens is 268 g/mol. The molecule has 1 saturated carbocycles. The Morgan fingerprint density at radius 2 is 2.05 bits per heavy atom. The fourth-order valence-electron chi connectivity index (χ4n) is 3.58. The molecule has 1 aromatic heterocycles. The van der Waals surface area contributed by atoms with Crippen molar-refractivity contribution in [3.8, 4) is 0 Å². The van der Waals surface area contributed by atoms with Crippen LogP contribution in [0.1, 0.15) is 57.2 Å². The van der Waals surface area contributed by atoms with Crippen molar-refractivity contribution in [3.05, 3.63) is 5.82 Å². The molecule has 0 unspecified atom stereocenters. The Balaban J connectivity index is 1.54. The summed E-state index contributed by atoms with van der Waals surface area (Å²) < 4.78 is 0. The molecule has 7 heteroatoms. The average Bonchev–Trinajstić information content (AvgIpc) is 3.18. The van der Waals surface area contributed by atoms with Gasteiger partial charge in [0, 0.05) is 6.42 Å². The van der Waals surface area contributed by atoms with Crippen molar-refractivity contribution < 1.29 is 4.79 Å². The fourth-order valence-corrected chi connectivity index (χ4v) is 3.58. The summed E-state index contributed by atoms with van der Waals surface area (Å²) >= 11 is 0. The Hall–Kier alpha value is -1.50. The lowest BCUT2D eigenvalue weighted by Crippen LogP contribution is -2.44. The molecule has 1 aliphatic heterocycles. The maximum Gasteiger partial charge on any atom is 0.220 e. The minimum atomic E-state index is -0.391. The zero-order chi connectivity index (χ0) is 14.5. The molecule has 0 radical (unpaired) electrons. The van der Waals surface area contributed by atoms with Crippen LogP contribution in [-0.2, 0) is 10.3 Å². The van der Waals surface area contributed by atoms with Crippen molar-refractivity contribution in [2.24, 2.45) is 5.92 Å². The van der Waals surface area contributed by atoms with Gasteiger partial charge in [-0.3, -0.25) is 4.79 Å². The van der Waals surface area contributed by atoms with Gasteiger partial charge in [0.25, 0.3) is 0 Å². The maximum absolute atomic E-state index is 12.3. The van der Waals surface area contributed by atoms with E-state index in [1.165, 1.54) is 12.8 Å². The van der Waals surface area contributed by atoms with Crippen LogP contribution in [0.2, 0.25) is 0 Å². The molecule has 3 rings (SSSR count). The van der Waals surface area contributed by atoms with Crippen molar-refractivity contribution in [1.29, 1.82) is 0 Å². The monoisotopic (exact) mass is 292 g/mol. The number of nitrogens with one attached hydrogen (secondary N) is 3. The van der Waals surface area contributed by atoms with Crippen LogP contribution < -0.4 is 10.6 Å². The van der Waals surface area contributed by atoms with Crippen molar-refractivity contribution in [2.75, 3.05) is 13.1 Å². The SMILES string of the molecule is O=C(CCC1CCNCC1)NC1(c2nn[nH]n2)CCCC1. The molecule has 1 saturated heterocycles. The number of carbonyl (C=O) groups excluding carboxylic acids is 1. The number of carbonyl (C=O) groups is 1. The molecular formula is C14H24N6O. The van der Waals surface area contributed by atoms with Gasteiger partial charge in [-0.15, -0.1) is 10.2 Å². The van der Waals surface area contributed by atoms with Crippen LogP contribution in [0.3, 0.4) is 0 Å². The molecule has 0 spiro atoms. The first-order valence-corrected chi connectivity index (χ1v) is 8.04. The highest BCUT2D eigenvalue weighted by Crippen LogP contribution is 2.36. The summed E-state index contributed by atoms with van der Waals surface area (Å²) in [7, 11) is 0. The van der Waals surface area contributed by atoms with Gasteiger partial charge in [-0.25, -0.2) is 0 Å². The Kier molecular flexibility index (Phi) is 4.48. The van der Waals surface area contributed by atoms with Gasteiger partial charge < -0.3 is 10.6 Å². The standard InChI is InChI=1S/C14H24N6O/c21-12(4-3-11-5-9-15-10-6-11)16-14(7-1-2-8-14)13-17-19-20-18-13/h11,15H,1-10H2,(H,16,21)(H,17,18,19,20). The number of H-pyrrole nitrogens is 1. The zero-order valence-corrected chi connectivity index (χ0v) is 12.4. The van der Waals surface area contributed by atoms with E-state index in [1.807, 2.05) is 0 Å². The molecule has 2 fully saturated rings. The second kappa shape index (κ2) is 6.51. The van der Waals surface area contributed by atoms with E-state index >= 15 is 0 Å². The van der Waals surface area contributed by atoms with Crippen LogP contribution in [-0.4, -0.2) is 39.6 Å². The van der Waals surface area contributed by atoms with E-state index in [1.54, 1.807) is 0 Å². The van der Waals surface area contributed by atoms with Crippen LogP contribution in [0.25, 0.3) is 0 Å². The zero-order valence-electron chi connectivity index (χ0n) is 12.4. The van der Waals surface area contributed by atoms with E-state index in [2.05, 4.69) is 31.3 Å². The summed E-state index contributed by atoms with van der Waals surface area (Å²) in [4.78, 5) is 12.3. The number of amides is 1. The summed E-state index contributed by atoms with van der Waals surface area (Å²) in [6.07, 6.45) is 7.97. The van der Waals surface area contributed by atoms with Crippen molar-refractivity contribution in [3.63, 3.8) is 0 Å². The fraction of sp³-hybridized carbons (Fsp3) is 0.857. The summed E-state index contributed by atoms with van der Waals surface area (Å²) in [5.41, 5.74) is -0.391. The number of rotatable bonds is 5. The minimum Gasteiger partial charge on any atom is -0.343 e. The second-order valence-corrected chi connectivity index (χ2v) is 6.30. The van der Waals surface area contributed by atoms with Crippen LogP contribution in [0.5, 0.6) is 0 Å². The number of nitrogens with zero attached hydrogens (tertiary/aromatic N) is 3. The molecule has 116 valence electrons. The average molecular weight is 292 g/mol. The van der Waals surface area contributed by atoms with Gasteiger partial charge in [-0.05, 0) is 51.1 Å². The number of aromatic amines is 1. The molecule has 7 nitrogen and oxygen atoms in total. The Labute approximate surface area is 124 Å². The minimum absolute atomic E-state index is 0.125. The lowest BCUT2D eigenvalue weighted by Gasteiger charge is -2.27. The first kappa shape index (κ1) is 14.4. The highest BCUT2D eigenvalue weighted by molar-refractivity contribution is 5.76. The third kappa shape index (κ3) is 3.40. The van der Waals surface area contributed by atoms with Gasteiger partial charge in [0.05, 0.1) is 0 Å². The van der Waals surface area contributed by atoms with Gasteiger partial charge in [0.15, 0.2) is 5.82 Å². The molecule has 1 aromatic rings.